The average Bonchev–Trinajstić information content (AvgIpc) is 2.95. The molecule has 0 aliphatic heterocycles. The highest BCUT2D eigenvalue weighted by molar-refractivity contribution is 5.80. The minimum Gasteiger partial charge on any atom is -0.480 e. The number of nitrogens with zero attached hydrogens (tertiary/aromatic N) is 2. The summed E-state index contributed by atoms with van der Waals surface area (Å²) >= 11 is 0. The van der Waals surface area contributed by atoms with E-state index in [1.165, 1.54) is 11.9 Å². The van der Waals surface area contributed by atoms with Gasteiger partial charge in [0.1, 0.15) is 6.54 Å². The molecule has 1 N–H and O–H groups in total. The van der Waals surface area contributed by atoms with Crippen molar-refractivity contribution in [2.75, 3.05) is 20.1 Å². The maximum atomic E-state index is 11.8. The molecule has 84 valence electrons. The normalized spacial score (nSPS) is 14.5. The van der Waals surface area contributed by atoms with Gasteiger partial charge in [0.2, 0.25) is 0 Å². The number of hydrogen-bond donors (Lipinski definition) is 1. The number of carbonyl (C=O) groups is 2. The van der Waals surface area contributed by atoms with E-state index in [1.54, 1.807) is 11.0 Å². The highest BCUT2D eigenvalue weighted by Gasteiger charge is 2.33. The number of aliphatic carboxylic acids is 1. The molecular formula is C10H16N2O3. The lowest BCUT2D eigenvalue weighted by molar-refractivity contribution is -0.137. The second-order valence-corrected chi connectivity index (χ2v) is 3.70. The van der Waals surface area contributed by atoms with Gasteiger partial charge in [0.15, 0.2) is 0 Å². The standard InChI is InChI=1S/C10H16N2O3/c1-3-6-12(8-4-5-8)10(15)11(2)7-9(13)14/h3,8H,1,4-7H2,2H3,(H,13,14). The molecule has 0 heterocycles. The van der Waals surface area contributed by atoms with Crippen molar-refractivity contribution < 1.29 is 14.7 Å². The van der Waals surface area contributed by atoms with Crippen molar-refractivity contribution in [1.29, 1.82) is 0 Å². The first-order chi connectivity index (χ1) is 7.06. The summed E-state index contributed by atoms with van der Waals surface area (Å²) in [5.41, 5.74) is 0. The summed E-state index contributed by atoms with van der Waals surface area (Å²) in [4.78, 5) is 25.1. The summed E-state index contributed by atoms with van der Waals surface area (Å²) in [7, 11) is 1.49. The van der Waals surface area contributed by atoms with Crippen LogP contribution in [0.15, 0.2) is 12.7 Å². The molecule has 0 aromatic rings. The van der Waals surface area contributed by atoms with Gasteiger partial charge >= 0.3 is 12.0 Å². The van der Waals surface area contributed by atoms with Gasteiger partial charge in [0.25, 0.3) is 0 Å². The Morgan fingerprint density at radius 2 is 2.13 bits per heavy atom. The highest BCUT2D eigenvalue weighted by atomic mass is 16.4. The zero-order valence-electron chi connectivity index (χ0n) is 8.85. The van der Waals surface area contributed by atoms with Crippen LogP contribution in [-0.2, 0) is 4.79 Å². The molecule has 1 aliphatic rings. The van der Waals surface area contributed by atoms with Crippen LogP contribution in [0.5, 0.6) is 0 Å². The molecule has 0 atom stereocenters. The van der Waals surface area contributed by atoms with Crippen LogP contribution >= 0.6 is 0 Å². The second-order valence-electron chi connectivity index (χ2n) is 3.70. The number of hydrogen-bond acceptors (Lipinski definition) is 2. The maximum Gasteiger partial charge on any atom is 0.323 e. The van der Waals surface area contributed by atoms with E-state index >= 15 is 0 Å². The van der Waals surface area contributed by atoms with Crippen molar-refractivity contribution in [2.45, 2.75) is 18.9 Å². The fourth-order valence-electron chi connectivity index (χ4n) is 1.40. The summed E-state index contributed by atoms with van der Waals surface area (Å²) in [5, 5.41) is 8.57. The number of carboxylic acids is 1. The zero-order chi connectivity index (χ0) is 11.4. The van der Waals surface area contributed by atoms with Crippen LogP contribution in [0.25, 0.3) is 0 Å². The van der Waals surface area contributed by atoms with E-state index in [9.17, 15) is 9.59 Å². The Morgan fingerprint density at radius 1 is 1.53 bits per heavy atom. The predicted octanol–water partition coefficient (Wildman–Crippen LogP) is 0.773. The Hall–Kier alpha value is -1.52. The van der Waals surface area contributed by atoms with Crippen LogP contribution in [0.4, 0.5) is 4.79 Å². The lowest BCUT2D eigenvalue weighted by Gasteiger charge is -2.26. The maximum absolute atomic E-state index is 11.8. The fraction of sp³-hybridized carbons (Fsp3) is 0.600. The second kappa shape index (κ2) is 4.82. The highest BCUT2D eigenvalue weighted by Crippen LogP contribution is 2.27. The first-order valence-electron chi connectivity index (χ1n) is 4.90. The van der Waals surface area contributed by atoms with E-state index in [4.69, 9.17) is 5.11 Å². The molecular weight excluding hydrogens is 196 g/mol. The van der Waals surface area contributed by atoms with Gasteiger partial charge in [0.05, 0.1) is 0 Å². The quantitative estimate of drug-likeness (QED) is 0.685. The molecule has 0 spiro atoms. The Bertz CT molecular complexity index is 274. The van der Waals surface area contributed by atoms with Crippen LogP contribution < -0.4 is 0 Å². The number of amides is 2. The van der Waals surface area contributed by atoms with Gasteiger partial charge < -0.3 is 14.9 Å². The van der Waals surface area contributed by atoms with E-state index in [0.717, 1.165) is 12.8 Å². The van der Waals surface area contributed by atoms with Crippen molar-refractivity contribution in [1.82, 2.24) is 9.80 Å². The van der Waals surface area contributed by atoms with Crippen molar-refractivity contribution >= 4 is 12.0 Å². The van der Waals surface area contributed by atoms with E-state index in [2.05, 4.69) is 6.58 Å². The lowest BCUT2D eigenvalue weighted by Crippen LogP contribution is -2.44. The number of carbonyl (C=O) groups excluding carboxylic acids is 1. The minimum atomic E-state index is -1.000. The lowest BCUT2D eigenvalue weighted by atomic mass is 10.4. The molecule has 1 fully saturated rings. The number of likely N-dealkylation sites (N-methyl/N-ethyl adjacent to an activating group) is 1. The molecule has 0 aromatic heterocycles. The molecule has 0 saturated heterocycles. The van der Waals surface area contributed by atoms with E-state index in [1.807, 2.05) is 0 Å². The Balaban J connectivity index is 2.54. The predicted molar refractivity (Wildman–Crippen MR) is 55.6 cm³/mol. The molecule has 1 rings (SSSR count). The molecule has 5 heteroatoms. The summed E-state index contributed by atoms with van der Waals surface area (Å²) in [6.07, 6.45) is 3.66. The van der Waals surface area contributed by atoms with Crippen LogP contribution in [0.3, 0.4) is 0 Å². The average molecular weight is 212 g/mol. The Morgan fingerprint density at radius 3 is 2.53 bits per heavy atom. The first-order valence-corrected chi connectivity index (χ1v) is 4.90. The summed E-state index contributed by atoms with van der Waals surface area (Å²) < 4.78 is 0. The van der Waals surface area contributed by atoms with Crippen LogP contribution in [-0.4, -0.2) is 53.1 Å². The van der Waals surface area contributed by atoms with Gasteiger partial charge in [-0.3, -0.25) is 4.79 Å². The molecule has 1 aliphatic carbocycles. The third-order valence-corrected chi connectivity index (χ3v) is 2.26. The molecule has 15 heavy (non-hydrogen) atoms. The van der Waals surface area contributed by atoms with Crippen LogP contribution in [0.2, 0.25) is 0 Å². The molecule has 0 unspecified atom stereocenters. The molecule has 0 aromatic carbocycles. The van der Waals surface area contributed by atoms with Gasteiger partial charge in [-0.05, 0) is 12.8 Å². The van der Waals surface area contributed by atoms with Gasteiger partial charge in [-0.25, -0.2) is 4.79 Å². The van der Waals surface area contributed by atoms with E-state index < -0.39 is 5.97 Å². The molecule has 0 bridgehead atoms. The summed E-state index contributed by atoms with van der Waals surface area (Å²) in [5.74, 6) is -1.000. The van der Waals surface area contributed by atoms with Crippen molar-refractivity contribution in [2.24, 2.45) is 0 Å². The smallest absolute Gasteiger partial charge is 0.323 e. The van der Waals surface area contributed by atoms with Gasteiger partial charge in [-0.1, -0.05) is 6.08 Å². The number of urea groups is 1. The fourth-order valence-corrected chi connectivity index (χ4v) is 1.40. The largest absolute Gasteiger partial charge is 0.480 e. The summed E-state index contributed by atoms with van der Waals surface area (Å²) in [6.45, 7) is 3.80. The number of rotatable bonds is 5. The van der Waals surface area contributed by atoms with Gasteiger partial charge in [-0.15, -0.1) is 6.58 Å². The van der Waals surface area contributed by atoms with Crippen LogP contribution in [0, 0.1) is 0 Å². The number of carboxylic acid groups (broad SMARTS) is 1. The molecule has 2 amide bonds. The zero-order valence-corrected chi connectivity index (χ0v) is 8.85. The minimum absolute atomic E-state index is 0.236. The molecule has 5 nitrogen and oxygen atoms in total. The van der Waals surface area contributed by atoms with E-state index in [0.29, 0.717) is 6.54 Å². The summed E-state index contributed by atoms with van der Waals surface area (Å²) in [6, 6.07) is 0.0338. The monoisotopic (exact) mass is 212 g/mol. The van der Waals surface area contributed by atoms with Crippen molar-refractivity contribution in [3.63, 3.8) is 0 Å². The van der Waals surface area contributed by atoms with Crippen molar-refractivity contribution in [3.05, 3.63) is 12.7 Å². The topological polar surface area (TPSA) is 60.9 Å². The van der Waals surface area contributed by atoms with E-state index in [-0.39, 0.29) is 18.6 Å². The van der Waals surface area contributed by atoms with Crippen LogP contribution in [0.1, 0.15) is 12.8 Å². The van der Waals surface area contributed by atoms with Gasteiger partial charge in [-0.2, -0.15) is 0 Å². The first kappa shape index (κ1) is 11.6. The van der Waals surface area contributed by atoms with Crippen molar-refractivity contribution in [3.8, 4) is 0 Å². The Labute approximate surface area is 89.0 Å². The molecule has 1 saturated carbocycles. The third-order valence-electron chi connectivity index (χ3n) is 2.26. The molecule has 0 radical (unpaired) electrons. The third kappa shape index (κ3) is 3.27. The Kier molecular flexibility index (Phi) is 3.71. The van der Waals surface area contributed by atoms with Gasteiger partial charge in [0, 0.05) is 19.6 Å². The SMILES string of the molecule is C=CCN(C(=O)N(C)CC(=O)O)C1CC1.